The van der Waals surface area contributed by atoms with E-state index in [1.807, 2.05) is 18.3 Å². The molecule has 0 aliphatic heterocycles. The summed E-state index contributed by atoms with van der Waals surface area (Å²) in [7, 11) is 0. The van der Waals surface area contributed by atoms with Gasteiger partial charge in [-0.1, -0.05) is 95.9 Å². The molecule has 1 aromatic carbocycles. The number of aromatic nitrogens is 1. The van der Waals surface area contributed by atoms with Crippen LogP contribution in [0.5, 0.6) is 5.75 Å². The van der Waals surface area contributed by atoms with Gasteiger partial charge in [-0.3, -0.25) is 4.98 Å². The van der Waals surface area contributed by atoms with Gasteiger partial charge in [-0.2, -0.15) is 0 Å². The van der Waals surface area contributed by atoms with E-state index in [4.69, 9.17) is 9.47 Å². The lowest BCUT2D eigenvalue weighted by Gasteiger charge is -2.08. The number of pyridine rings is 1. The Hall–Kier alpha value is -1.87. The Balaban J connectivity index is 1.63. The predicted molar refractivity (Wildman–Crippen MR) is 132 cm³/mol. The molecule has 0 aliphatic carbocycles. The first-order chi connectivity index (χ1) is 15.3. The van der Waals surface area contributed by atoms with Crippen LogP contribution in [0.3, 0.4) is 0 Å². The average molecular weight is 426 g/mol. The van der Waals surface area contributed by atoms with Gasteiger partial charge in [0, 0.05) is 12.2 Å². The Kier molecular flexibility index (Phi) is 13.7. The molecular formula is C28H43NO2. The molecule has 0 saturated heterocycles. The number of aryl methyl sites for hydroxylation is 1. The van der Waals surface area contributed by atoms with Crippen molar-refractivity contribution in [1.29, 1.82) is 0 Å². The normalized spacial score (nSPS) is 11.0. The molecule has 31 heavy (non-hydrogen) atoms. The minimum Gasteiger partial charge on any atom is -0.490 e. The molecule has 2 rings (SSSR count). The van der Waals surface area contributed by atoms with E-state index >= 15 is 0 Å². The standard InChI is InChI=1S/C28H43NO2/c1-3-5-7-9-10-11-12-14-25-15-17-26(18-16-25)28-20-19-27(24-29-28)31-23-22-30-21-13-8-6-4-2/h15-20,24H,3-14,21-23H2,1-2H3. The van der Waals surface area contributed by atoms with E-state index in [1.165, 1.54) is 76.2 Å². The molecule has 0 fully saturated rings. The third-order valence-corrected chi connectivity index (χ3v) is 5.69. The molecule has 2 aromatic rings. The van der Waals surface area contributed by atoms with Crippen molar-refractivity contribution in [2.75, 3.05) is 19.8 Å². The monoisotopic (exact) mass is 425 g/mol. The zero-order valence-corrected chi connectivity index (χ0v) is 19.9. The lowest BCUT2D eigenvalue weighted by molar-refractivity contribution is 0.0970. The summed E-state index contributed by atoms with van der Waals surface area (Å²) in [4.78, 5) is 4.57. The molecule has 3 heteroatoms. The van der Waals surface area contributed by atoms with Gasteiger partial charge in [-0.05, 0) is 37.0 Å². The number of unbranched alkanes of at least 4 members (excludes halogenated alkanes) is 9. The lowest BCUT2D eigenvalue weighted by atomic mass is 10.0. The van der Waals surface area contributed by atoms with Crippen LogP contribution in [0.1, 0.15) is 90.0 Å². The molecule has 0 N–H and O–H groups in total. The summed E-state index contributed by atoms with van der Waals surface area (Å²) >= 11 is 0. The smallest absolute Gasteiger partial charge is 0.137 e. The lowest BCUT2D eigenvalue weighted by Crippen LogP contribution is -2.07. The number of hydrogen-bond acceptors (Lipinski definition) is 3. The van der Waals surface area contributed by atoms with E-state index in [1.54, 1.807) is 0 Å². The van der Waals surface area contributed by atoms with Crippen LogP contribution >= 0.6 is 0 Å². The van der Waals surface area contributed by atoms with Crippen molar-refractivity contribution >= 4 is 0 Å². The highest BCUT2D eigenvalue weighted by Gasteiger charge is 2.02. The fraction of sp³-hybridized carbons (Fsp3) is 0.607. The van der Waals surface area contributed by atoms with Crippen LogP contribution in [0.2, 0.25) is 0 Å². The molecule has 0 amide bonds. The Morgan fingerprint density at radius 2 is 1.32 bits per heavy atom. The number of benzene rings is 1. The SMILES string of the molecule is CCCCCCCCCc1ccc(-c2ccc(OCCOCCCCCC)cn2)cc1. The van der Waals surface area contributed by atoms with Crippen molar-refractivity contribution in [3.8, 4) is 17.0 Å². The minimum atomic E-state index is 0.572. The molecule has 0 saturated carbocycles. The molecule has 0 spiro atoms. The van der Waals surface area contributed by atoms with E-state index in [0.29, 0.717) is 13.2 Å². The maximum Gasteiger partial charge on any atom is 0.137 e. The van der Waals surface area contributed by atoms with E-state index in [-0.39, 0.29) is 0 Å². The Labute approximate surface area is 190 Å². The van der Waals surface area contributed by atoms with Gasteiger partial charge in [0.1, 0.15) is 12.4 Å². The maximum atomic E-state index is 5.74. The number of hydrogen-bond donors (Lipinski definition) is 0. The first-order valence-corrected chi connectivity index (χ1v) is 12.6. The van der Waals surface area contributed by atoms with Crippen molar-refractivity contribution in [2.45, 2.75) is 90.9 Å². The third-order valence-electron chi connectivity index (χ3n) is 5.69. The second-order valence-corrected chi connectivity index (χ2v) is 8.47. The Morgan fingerprint density at radius 1 is 0.645 bits per heavy atom. The molecule has 1 aromatic heterocycles. The highest BCUT2D eigenvalue weighted by Crippen LogP contribution is 2.21. The number of ether oxygens (including phenoxy) is 2. The molecular weight excluding hydrogens is 382 g/mol. The van der Waals surface area contributed by atoms with Crippen molar-refractivity contribution in [2.24, 2.45) is 0 Å². The molecule has 0 radical (unpaired) electrons. The first-order valence-electron chi connectivity index (χ1n) is 12.6. The van der Waals surface area contributed by atoms with Crippen LogP contribution < -0.4 is 4.74 Å². The van der Waals surface area contributed by atoms with Crippen LogP contribution in [-0.4, -0.2) is 24.8 Å². The van der Waals surface area contributed by atoms with Gasteiger partial charge in [0.05, 0.1) is 18.5 Å². The predicted octanol–water partition coefficient (Wildman–Crippen LogP) is 8.02. The fourth-order valence-corrected chi connectivity index (χ4v) is 3.72. The zero-order valence-electron chi connectivity index (χ0n) is 19.9. The van der Waals surface area contributed by atoms with Gasteiger partial charge in [0.15, 0.2) is 0 Å². The zero-order chi connectivity index (χ0) is 22.0. The molecule has 1 heterocycles. The van der Waals surface area contributed by atoms with Gasteiger partial charge in [0.2, 0.25) is 0 Å². The number of rotatable bonds is 18. The van der Waals surface area contributed by atoms with Gasteiger partial charge in [-0.15, -0.1) is 0 Å². The first kappa shape index (κ1) is 25.4. The van der Waals surface area contributed by atoms with Crippen LogP contribution in [0, 0.1) is 0 Å². The molecule has 172 valence electrons. The van der Waals surface area contributed by atoms with Gasteiger partial charge in [-0.25, -0.2) is 0 Å². The third kappa shape index (κ3) is 11.4. The molecule has 0 atom stereocenters. The fourth-order valence-electron chi connectivity index (χ4n) is 3.72. The summed E-state index contributed by atoms with van der Waals surface area (Å²) in [6.07, 6.45) is 17.4. The summed E-state index contributed by atoms with van der Waals surface area (Å²) in [5.74, 6) is 0.800. The van der Waals surface area contributed by atoms with Gasteiger partial charge < -0.3 is 9.47 Å². The van der Waals surface area contributed by atoms with Gasteiger partial charge >= 0.3 is 0 Å². The number of nitrogens with zero attached hydrogens (tertiary/aromatic N) is 1. The Morgan fingerprint density at radius 3 is 2.00 bits per heavy atom. The molecule has 0 bridgehead atoms. The van der Waals surface area contributed by atoms with Crippen LogP contribution in [-0.2, 0) is 11.2 Å². The van der Waals surface area contributed by atoms with Crippen molar-refractivity contribution in [3.05, 3.63) is 48.2 Å². The van der Waals surface area contributed by atoms with Crippen LogP contribution in [0.25, 0.3) is 11.3 Å². The minimum absolute atomic E-state index is 0.572. The molecule has 0 unspecified atom stereocenters. The van der Waals surface area contributed by atoms with Crippen molar-refractivity contribution < 1.29 is 9.47 Å². The maximum absolute atomic E-state index is 5.74. The highest BCUT2D eigenvalue weighted by molar-refractivity contribution is 5.59. The molecule has 3 nitrogen and oxygen atoms in total. The van der Waals surface area contributed by atoms with Crippen molar-refractivity contribution in [3.63, 3.8) is 0 Å². The summed E-state index contributed by atoms with van der Waals surface area (Å²) in [5, 5.41) is 0. The summed E-state index contributed by atoms with van der Waals surface area (Å²) in [6.45, 7) is 6.53. The van der Waals surface area contributed by atoms with E-state index in [0.717, 1.165) is 30.0 Å². The highest BCUT2D eigenvalue weighted by atomic mass is 16.5. The van der Waals surface area contributed by atoms with E-state index in [9.17, 15) is 0 Å². The topological polar surface area (TPSA) is 31.4 Å². The van der Waals surface area contributed by atoms with Crippen LogP contribution in [0.4, 0.5) is 0 Å². The average Bonchev–Trinajstić information content (AvgIpc) is 2.81. The Bertz CT molecular complexity index is 666. The summed E-state index contributed by atoms with van der Waals surface area (Å²) < 4.78 is 11.4. The van der Waals surface area contributed by atoms with Crippen molar-refractivity contribution in [1.82, 2.24) is 4.98 Å². The van der Waals surface area contributed by atoms with E-state index < -0.39 is 0 Å². The summed E-state index contributed by atoms with van der Waals surface area (Å²) in [5.41, 5.74) is 3.57. The molecule has 0 aliphatic rings. The van der Waals surface area contributed by atoms with Crippen LogP contribution in [0.15, 0.2) is 42.6 Å². The second-order valence-electron chi connectivity index (χ2n) is 8.47. The van der Waals surface area contributed by atoms with E-state index in [2.05, 4.69) is 43.1 Å². The van der Waals surface area contributed by atoms with Gasteiger partial charge in [0.25, 0.3) is 0 Å². The summed E-state index contributed by atoms with van der Waals surface area (Å²) in [6, 6.07) is 12.9. The second kappa shape index (κ2) is 16.8. The quantitative estimate of drug-likeness (QED) is 0.227. The largest absolute Gasteiger partial charge is 0.490 e.